The van der Waals surface area contributed by atoms with Crippen LogP contribution in [0.1, 0.15) is 37.8 Å². The zero-order valence-corrected chi connectivity index (χ0v) is 15.9. The summed E-state index contributed by atoms with van der Waals surface area (Å²) >= 11 is 0. The number of amides is 2. The second-order valence-corrected chi connectivity index (χ2v) is 7.58. The van der Waals surface area contributed by atoms with Crippen molar-refractivity contribution in [2.45, 2.75) is 38.3 Å². The molecule has 0 saturated carbocycles. The van der Waals surface area contributed by atoms with Crippen molar-refractivity contribution >= 4 is 11.8 Å². The Morgan fingerprint density at radius 3 is 2.62 bits per heavy atom. The topological polar surface area (TPSA) is 75.9 Å². The van der Waals surface area contributed by atoms with Gasteiger partial charge in [-0.1, -0.05) is 12.1 Å². The van der Waals surface area contributed by atoms with Crippen LogP contribution >= 0.6 is 0 Å². The van der Waals surface area contributed by atoms with Crippen molar-refractivity contribution in [3.05, 3.63) is 29.8 Å². The van der Waals surface area contributed by atoms with Gasteiger partial charge in [0, 0.05) is 32.6 Å². The quantitative estimate of drug-likeness (QED) is 0.889. The van der Waals surface area contributed by atoms with Crippen LogP contribution in [0.3, 0.4) is 0 Å². The van der Waals surface area contributed by atoms with Crippen molar-refractivity contribution in [3.63, 3.8) is 0 Å². The zero-order valence-electron chi connectivity index (χ0n) is 15.9. The van der Waals surface area contributed by atoms with Crippen LogP contribution in [0.2, 0.25) is 0 Å². The van der Waals surface area contributed by atoms with E-state index in [4.69, 9.17) is 10.5 Å². The van der Waals surface area contributed by atoms with Gasteiger partial charge in [-0.2, -0.15) is 0 Å². The molecular formula is C20H29N3O3. The Kier molecular flexibility index (Phi) is 5.51. The average Bonchev–Trinajstić information content (AvgIpc) is 2.96. The van der Waals surface area contributed by atoms with Crippen LogP contribution in [0.15, 0.2) is 24.3 Å². The van der Waals surface area contributed by atoms with Crippen molar-refractivity contribution in [1.29, 1.82) is 0 Å². The van der Waals surface area contributed by atoms with Gasteiger partial charge in [0.2, 0.25) is 11.8 Å². The molecule has 2 heterocycles. The fourth-order valence-electron chi connectivity index (χ4n) is 4.22. The third-order valence-corrected chi connectivity index (χ3v) is 5.87. The normalized spacial score (nSPS) is 27.5. The molecule has 2 amide bonds. The number of carbonyl (C=O) groups excluding carboxylic acids is 2. The summed E-state index contributed by atoms with van der Waals surface area (Å²) < 4.78 is 5.22. The van der Waals surface area contributed by atoms with Gasteiger partial charge >= 0.3 is 0 Å². The summed E-state index contributed by atoms with van der Waals surface area (Å²) in [7, 11) is 3.41. The maximum absolute atomic E-state index is 13.2. The van der Waals surface area contributed by atoms with E-state index in [1.807, 2.05) is 36.1 Å². The Hall–Kier alpha value is -2.08. The highest BCUT2D eigenvalue weighted by Gasteiger charge is 2.44. The van der Waals surface area contributed by atoms with Crippen LogP contribution in [-0.4, -0.2) is 54.9 Å². The van der Waals surface area contributed by atoms with Gasteiger partial charge in [-0.25, -0.2) is 0 Å². The van der Waals surface area contributed by atoms with E-state index in [9.17, 15) is 9.59 Å². The molecule has 2 N–H and O–H groups in total. The number of hydrogen-bond acceptors (Lipinski definition) is 4. The Morgan fingerprint density at radius 1 is 1.31 bits per heavy atom. The predicted octanol–water partition coefficient (Wildman–Crippen LogP) is 1.80. The van der Waals surface area contributed by atoms with E-state index in [1.165, 1.54) is 0 Å². The first kappa shape index (κ1) is 18.7. The first-order valence-corrected chi connectivity index (χ1v) is 9.36. The summed E-state index contributed by atoms with van der Waals surface area (Å²) in [5.74, 6) is 0.855. The van der Waals surface area contributed by atoms with Gasteiger partial charge in [-0.05, 0) is 43.4 Å². The van der Waals surface area contributed by atoms with Crippen molar-refractivity contribution in [2.75, 3.05) is 27.2 Å². The number of hydrogen-bond donors (Lipinski definition) is 1. The third kappa shape index (κ3) is 3.56. The number of benzene rings is 1. The van der Waals surface area contributed by atoms with E-state index >= 15 is 0 Å². The van der Waals surface area contributed by atoms with Gasteiger partial charge in [0.25, 0.3) is 0 Å². The first-order chi connectivity index (χ1) is 12.4. The molecule has 1 aromatic carbocycles. The van der Waals surface area contributed by atoms with Crippen LogP contribution in [-0.2, 0) is 9.59 Å². The molecule has 0 bridgehead atoms. The van der Waals surface area contributed by atoms with Gasteiger partial charge in [0.1, 0.15) is 5.75 Å². The number of nitrogens with two attached hydrogens (primary N) is 1. The molecule has 0 aliphatic carbocycles. The van der Waals surface area contributed by atoms with Crippen LogP contribution < -0.4 is 10.5 Å². The second kappa shape index (κ2) is 7.66. The molecule has 0 aromatic heterocycles. The summed E-state index contributed by atoms with van der Waals surface area (Å²) in [5.41, 5.74) is 7.03. The fraction of sp³-hybridized carbons (Fsp3) is 0.600. The monoisotopic (exact) mass is 359 g/mol. The highest BCUT2D eigenvalue weighted by molar-refractivity contribution is 5.90. The lowest BCUT2D eigenvalue weighted by Gasteiger charge is -2.37. The Labute approximate surface area is 155 Å². The number of ether oxygens (including phenoxy) is 1. The minimum absolute atomic E-state index is 0.0184. The van der Waals surface area contributed by atoms with Crippen molar-refractivity contribution in [3.8, 4) is 5.75 Å². The van der Waals surface area contributed by atoms with Crippen LogP contribution in [0, 0.1) is 11.8 Å². The molecule has 1 aromatic rings. The average molecular weight is 359 g/mol. The van der Waals surface area contributed by atoms with E-state index in [-0.39, 0.29) is 36.2 Å². The van der Waals surface area contributed by atoms with Gasteiger partial charge in [0.05, 0.1) is 19.1 Å². The molecule has 2 aliphatic rings. The van der Waals surface area contributed by atoms with Crippen LogP contribution in [0.5, 0.6) is 5.75 Å². The molecule has 4 atom stereocenters. The molecule has 0 unspecified atom stereocenters. The zero-order chi connectivity index (χ0) is 18.8. The van der Waals surface area contributed by atoms with Crippen molar-refractivity contribution < 1.29 is 14.3 Å². The maximum atomic E-state index is 13.2. The summed E-state index contributed by atoms with van der Waals surface area (Å²) in [6.45, 7) is 3.46. The molecule has 6 heteroatoms. The summed E-state index contributed by atoms with van der Waals surface area (Å²) in [5, 5.41) is 0. The minimum Gasteiger partial charge on any atom is -0.497 e. The molecule has 0 radical (unpaired) electrons. The van der Waals surface area contributed by atoms with Gasteiger partial charge < -0.3 is 20.3 Å². The van der Waals surface area contributed by atoms with Gasteiger partial charge in [-0.15, -0.1) is 0 Å². The number of rotatable bonds is 4. The first-order valence-electron chi connectivity index (χ1n) is 9.36. The van der Waals surface area contributed by atoms with Crippen LogP contribution in [0.4, 0.5) is 0 Å². The number of nitrogens with zero attached hydrogens (tertiary/aromatic N) is 2. The van der Waals surface area contributed by atoms with Gasteiger partial charge in [-0.3, -0.25) is 9.59 Å². The predicted molar refractivity (Wildman–Crippen MR) is 99.6 cm³/mol. The molecule has 2 fully saturated rings. The van der Waals surface area contributed by atoms with E-state index in [0.29, 0.717) is 12.5 Å². The molecule has 6 nitrogen and oxygen atoms in total. The molecule has 142 valence electrons. The summed E-state index contributed by atoms with van der Waals surface area (Å²) in [6, 6.07) is 7.49. The lowest BCUT2D eigenvalue weighted by Crippen LogP contribution is -2.47. The van der Waals surface area contributed by atoms with E-state index in [0.717, 1.165) is 30.7 Å². The van der Waals surface area contributed by atoms with Crippen molar-refractivity contribution in [1.82, 2.24) is 9.80 Å². The summed E-state index contributed by atoms with van der Waals surface area (Å²) in [6.07, 6.45) is 2.31. The molecule has 26 heavy (non-hydrogen) atoms. The summed E-state index contributed by atoms with van der Waals surface area (Å²) in [4.78, 5) is 29.2. The molecule has 3 rings (SSSR count). The lowest BCUT2D eigenvalue weighted by molar-refractivity contribution is -0.138. The second-order valence-electron chi connectivity index (χ2n) is 7.58. The highest BCUT2D eigenvalue weighted by atomic mass is 16.5. The Balaban J connectivity index is 1.81. The molecular weight excluding hydrogens is 330 g/mol. The SMILES string of the molecule is COc1ccc([C@@H]2[C@H](C(=O)N3CCC[C@@H]([C@H](C)N)C3)CC(=O)N2C)cc1. The minimum atomic E-state index is -0.340. The lowest BCUT2D eigenvalue weighted by atomic mass is 9.88. The molecule has 2 aliphatic heterocycles. The van der Waals surface area contributed by atoms with Crippen LogP contribution in [0.25, 0.3) is 0 Å². The number of methoxy groups -OCH3 is 1. The molecule has 0 spiro atoms. The third-order valence-electron chi connectivity index (χ3n) is 5.87. The largest absolute Gasteiger partial charge is 0.497 e. The Morgan fingerprint density at radius 2 is 2.00 bits per heavy atom. The van der Waals surface area contributed by atoms with E-state index in [1.54, 1.807) is 19.1 Å². The highest BCUT2D eigenvalue weighted by Crippen LogP contribution is 2.39. The number of carbonyl (C=O) groups is 2. The Bertz CT molecular complexity index is 659. The standard InChI is InChI=1S/C20H29N3O3/c1-13(21)15-5-4-10-23(12-15)20(25)17-11-18(24)22(2)19(17)14-6-8-16(26-3)9-7-14/h6-9,13,15,17,19H,4-5,10-12,21H2,1-3H3/t13-,15+,17+,19+/m0/s1. The maximum Gasteiger partial charge on any atom is 0.228 e. The van der Waals surface area contributed by atoms with E-state index in [2.05, 4.69) is 0 Å². The number of piperidine rings is 1. The van der Waals surface area contributed by atoms with Crippen molar-refractivity contribution in [2.24, 2.45) is 17.6 Å². The smallest absolute Gasteiger partial charge is 0.228 e. The molecule has 2 saturated heterocycles. The van der Waals surface area contributed by atoms with Gasteiger partial charge in [0.15, 0.2) is 0 Å². The van der Waals surface area contributed by atoms with E-state index < -0.39 is 0 Å². The number of likely N-dealkylation sites (tertiary alicyclic amines) is 2. The fourth-order valence-corrected chi connectivity index (χ4v) is 4.22.